The molecule has 0 bridgehead atoms. The van der Waals surface area contributed by atoms with Crippen LogP contribution in [0.2, 0.25) is 0 Å². The zero-order valence-corrected chi connectivity index (χ0v) is 12.7. The molecule has 3 rings (SSSR count). The van der Waals surface area contributed by atoms with Crippen LogP contribution < -0.4 is 5.32 Å². The number of nitrogens with one attached hydrogen (secondary N) is 1. The van der Waals surface area contributed by atoms with E-state index in [0.29, 0.717) is 6.04 Å². The Morgan fingerprint density at radius 1 is 1.24 bits per heavy atom. The fraction of sp³-hybridized carbons (Fsp3) is 0.471. The predicted molar refractivity (Wildman–Crippen MR) is 86.5 cm³/mol. The highest BCUT2D eigenvalue weighted by atomic mass is 15.3. The smallest absolute Gasteiger partial charge is 0.0727 e. The number of piperidine rings is 1. The molecular weight excluding hydrogens is 260 g/mol. The lowest BCUT2D eigenvalue weighted by Crippen LogP contribution is -2.40. The topological polar surface area (TPSA) is 33.1 Å². The van der Waals surface area contributed by atoms with Crippen molar-refractivity contribution in [2.24, 2.45) is 0 Å². The second-order valence-corrected chi connectivity index (χ2v) is 5.92. The Morgan fingerprint density at radius 2 is 2.10 bits per heavy atom. The van der Waals surface area contributed by atoms with E-state index < -0.39 is 0 Å². The molecule has 1 atom stereocenters. The van der Waals surface area contributed by atoms with Crippen LogP contribution >= 0.6 is 0 Å². The minimum atomic E-state index is 0.649. The molecule has 0 amide bonds. The van der Waals surface area contributed by atoms with Crippen LogP contribution in [0.4, 0.5) is 5.69 Å². The van der Waals surface area contributed by atoms with Gasteiger partial charge in [-0.3, -0.25) is 4.68 Å². The maximum atomic E-state index is 4.43. The monoisotopic (exact) mass is 284 g/mol. The first kappa shape index (κ1) is 14.1. The minimum Gasteiger partial charge on any atom is -0.381 e. The summed E-state index contributed by atoms with van der Waals surface area (Å²) in [6, 6.07) is 11.1. The molecule has 0 saturated carbocycles. The van der Waals surface area contributed by atoms with Crippen molar-refractivity contribution in [1.29, 1.82) is 0 Å². The molecule has 1 N–H and O–H groups in total. The van der Waals surface area contributed by atoms with Crippen LogP contribution in [0.5, 0.6) is 0 Å². The van der Waals surface area contributed by atoms with Gasteiger partial charge in [-0.1, -0.05) is 36.8 Å². The van der Waals surface area contributed by atoms with Gasteiger partial charge in [0.05, 0.1) is 18.4 Å². The first-order valence-electron chi connectivity index (χ1n) is 7.82. The van der Waals surface area contributed by atoms with Crippen LogP contribution in [-0.2, 0) is 6.54 Å². The van der Waals surface area contributed by atoms with Gasteiger partial charge < -0.3 is 10.2 Å². The fourth-order valence-electron chi connectivity index (χ4n) is 2.95. The Kier molecular flexibility index (Phi) is 4.55. The lowest BCUT2D eigenvalue weighted by molar-refractivity contribution is 0.194. The van der Waals surface area contributed by atoms with Crippen molar-refractivity contribution in [3.63, 3.8) is 0 Å². The van der Waals surface area contributed by atoms with E-state index in [2.05, 4.69) is 52.8 Å². The molecule has 2 aromatic rings. The Morgan fingerprint density at radius 3 is 2.90 bits per heavy atom. The van der Waals surface area contributed by atoms with E-state index in [4.69, 9.17) is 0 Å². The highest BCUT2D eigenvalue weighted by Crippen LogP contribution is 2.16. The Labute approximate surface area is 126 Å². The zero-order chi connectivity index (χ0) is 14.5. The summed E-state index contributed by atoms with van der Waals surface area (Å²) in [6.07, 6.45) is 8.00. The number of anilines is 1. The standard InChI is InChI=1S/C17H24N4/c1-20-10-6-5-9-17(20)12-18-16-11-19-21(14-16)13-15-7-3-2-4-8-15/h2-4,7-8,11,14,17-18H,5-6,9-10,12-13H2,1H3. The third-order valence-electron chi connectivity index (χ3n) is 4.28. The van der Waals surface area contributed by atoms with Crippen molar-refractivity contribution in [2.45, 2.75) is 31.8 Å². The summed E-state index contributed by atoms with van der Waals surface area (Å²) >= 11 is 0. The van der Waals surface area contributed by atoms with E-state index in [-0.39, 0.29) is 0 Å². The van der Waals surface area contributed by atoms with Gasteiger partial charge in [0.15, 0.2) is 0 Å². The maximum absolute atomic E-state index is 4.43. The molecule has 1 fully saturated rings. The number of likely N-dealkylation sites (N-methyl/N-ethyl adjacent to an activating group) is 1. The van der Waals surface area contributed by atoms with Crippen LogP contribution in [-0.4, -0.2) is 40.9 Å². The third-order valence-corrected chi connectivity index (χ3v) is 4.28. The molecule has 0 spiro atoms. The summed E-state index contributed by atoms with van der Waals surface area (Å²) in [5.41, 5.74) is 2.39. The van der Waals surface area contributed by atoms with E-state index in [0.717, 1.165) is 18.8 Å². The number of benzene rings is 1. The van der Waals surface area contributed by atoms with Gasteiger partial charge in [0.25, 0.3) is 0 Å². The van der Waals surface area contributed by atoms with Gasteiger partial charge in [-0.15, -0.1) is 0 Å². The van der Waals surface area contributed by atoms with Crippen molar-refractivity contribution in [3.05, 3.63) is 48.3 Å². The number of likely N-dealkylation sites (tertiary alicyclic amines) is 1. The maximum Gasteiger partial charge on any atom is 0.0727 e. The molecule has 112 valence electrons. The van der Waals surface area contributed by atoms with Crippen molar-refractivity contribution in [2.75, 3.05) is 25.5 Å². The van der Waals surface area contributed by atoms with Crippen LogP contribution in [0, 0.1) is 0 Å². The highest BCUT2D eigenvalue weighted by Gasteiger charge is 2.18. The lowest BCUT2D eigenvalue weighted by Gasteiger charge is -2.32. The molecule has 1 aromatic heterocycles. The average Bonchev–Trinajstić information content (AvgIpc) is 2.95. The van der Waals surface area contributed by atoms with Crippen molar-refractivity contribution in [1.82, 2.24) is 14.7 Å². The van der Waals surface area contributed by atoms with Gasteiger partial charge >= 0.3 is 0 Å². The van der Waals surface area contributed by atoms with E-state index in [1.807, 2.05) is 16.9 Å². The molecule has 1 aromatic carbocycles. The molecule has 0 aliphatic carbocycles. The van der Waals surface area contributed by atoms with E-state index >= 15 is 0 Å². The lowest BCUT2D eigenvalue weighted by atomic mass is 10.0. The molecule has 21 heavy (non-hydrogen) atoms. The number of hydrogen-bond acceptors (Lipinski definition) is 3. The highest BCUT2D eigenvalue weighted by molar-refractivity contribution is 5.38. The fourth-order valence-corrected chi connectivity index (χ4v) is 2.95. The van der Waals surface area contributed by atoms with Crippen LogP contribution in [0.1, 0.15) is 24.8 Å². The molecule has 1 saturated heterocycles. The minimum absolute atomic E-state index is 0.649. The molecule has 1 unspecified atom stereocenters. The first-order valence-corrected chi connectivity index (χ1v) is 7.82. The zero-order valence-electron chi connectivity index (χ0n) is 12.7. The molecule has 4 heteroatoms. The van der Waals surface area contributed by atoms with Crippen LogP contribution in [0.25, 0.3) is 0 Å². The Balaban J connectivity index is 1.53. The molecular formula is C17H24N4. The second kappa shape index (κ2) is 6.76. The Hall–Kier alpha value is -1.81. The number of aromatic nitrogens is 2. The molecule has 4 nitrogen and oxygen atoms in total. The summed E-state index contributed by atoms with van der Waals surface area (Å²) in [7, 11) is 2.23. The van der Waals surface area contributed by atoms with Gasteiger partial charge in [0.1, 0.15) is 0 Å². The van der Waals surface area contributed by atoms with Gasteiger partial charge in [-0.25, -0.2) is 0 Å². The van der Waals surface area contributed by atoms with Gasteiger partial charge in [0.2, 0.25) is 0 Å². The third kappa shape index (κ3) is 3.85. The first-order chi connectivity index (χ1) is 10.3. The summed E-state index contributed by atoms with van der Waals surface area (Å²) in [5.74, 6) is 0. The van der Waals surface area contributed by atoms with Crippen molar-refractivity contribution < 1.29 is 0 Å². The van der Waals surface area contributed by atoms with Crippen LogP contribution in [0.15, 0.2) is 42.7 Å². The van der Waals surface area contributed by atoms with Gasteiger partial charge in [-0.2, -0.15) is 5.10 Å². The quantitative estimate of drug-likeness (QED) is 0.916. The van der Waals surface area contributed by atoms with Crippen LogP contribution in [0.3, 0.4) is 0 Å². The molecule has 0 radical (unpaired) electrons. The van der Waals surface area contributed by atoms with Crippen molar-refractivity contribution in [3.8, 4) is 0 Å². The normalized spacial score (nSPS) is 19.6. The Bertz CT molecular complexity index is 549. The molecule has 1 aliphatic heterocycles. The summed E-state index contributed by atoms with van der Waals surface area (Å²) in [5, 5.41) is 7.96. The average molecular weight is 284 g/mol. The summed E-state index contributed by atoms with van der Waals surface area (Å²) < 4.78 is 1.99. The number of hydrogen-bond donors (Lipinski definition) is 1. The largest absolute Gasteiger partial charge is 0.381 e. The summed E-state index contributed by atoms with van der Waals surface area (Å²) in [4.78, 5) is 2.46. The van der Waals surface area contributed by atoms with Gasteiger partial charge in [0, 0.05) is 18.8 Å². The number of nitrogens with zero attached hydrogens (tertiary/aromatic N) is 3. The molecule has 2 heterocycles. The second-order valence-electron chi connectivity index (χ2n) is 5.92. The number of rotatable bonds is 5. The summed E-state index contributed by atoms with van der Waals surface area (Å²) in [6.45, 7) is 3.05. The van der Waals surface area contributed by atoms with E-state index in [1.54, 1.807) is 0 Å². The van der Waals surface area contributed by atoms with E-state index in [1.165, 1.54) is 31.4 Å². The predicted octanol–water partition coefficient (Wildman–Crippen LogP) is 2.83. The molecule has 1 aliphatic rings. The van der Waals surface area contributed by atoms with Gasteiger partial charge in [-0.05, 0) is 32.0 Å². The SMILES string of the molecule is CN1CCCCC1CNc1cnn(Cc2ccccc2)c1. The van der Waals surface area contributed by atoms with Crippen molar-refractivity contribution >= 4 is 5.69 Å². The van der Waals surface area contributed by atoms with E-state index in [9.17, 15) is 0 Å².